The van der Waals surface area contributed by atoms with Crippen molar-refractivity contribution >= 4 is 17.4 Å². The molecule has 16 heavy (non-hydrogen) atoms. The van der Waals surface area contributed by atoms with E-state index in [1.165, 1.54) is 12.8 Å². The highest BCUT2D eigenvalue weighted by molar-refractivity contribution is 7.99. The van der Waals surface area contributed by atoms with Gasteiger partial charge in [-0.25, -0.2) is 4.98 Å². The van der Waals surface area contributed by atoms with Crippen molar-refractivity contribution in [1.29, 1.82) is 0 Å². The van der Waals surface area contributed by atoms with Gasteiger partial charge in [0.1, 0.15) is 10.7 Å². The van der Waals surface area contributed by atoms with Crippen LogP contribution in [0.3, 0.4) is 0 Å². The molecule has 2 rings (SSSR count). The fraction of sp³-hybridized carbons (Fsp3) is 0.417. The summed E-state index contributed by atoms with van der Waals surface area (Å²) in [6.07, 6.45) is 4.47. The van der Waals surface area contributed by atoms with Crippen LogP contribution >= 0.6 is 11.8 Å². The third kappa shape index (κ3) is 2.23. The molecule has 0 aliphatic heterocycles. The van der Waals surface area contributed by atoms with Crippen LogP contribution in [0.1, 0.15) is 25.5 Å². The Morgan fingerprint density at radius 1 is 1.44 bits per heavy atom. The fourth-order valence-corrected chi connectivity index (χ4v) is 2.77. The van der Waals surface area contributed by atoms with Crippen molar-refractivity contribution in [1.82, 2.24) is 9.38 Å². The Kier molecular flexibility index (Phi) is 3.85. The molecule has 0 atom stereocenters. The number of pyridine rings is 1. The second-order valence-electron chi connectivity index (χ2n) is 3.70. The van der Waals surface area contributed by atoms with Gasteiger partial charge in [0.2, 0.25) is 0 Å². The van der Waals surface area contributed by atoms with Gasteiger partial charge in [0.15, 0.2) is 0 Å². The van der Waals surface area contributed by atoms with E-state index in [2.05, 4.69) is 16.3 Å². The largest absolute Gasteiger partial charge is 0.325 e. The molecule has 86 valence electrons. The van der Waals surface area contributed by atoms with E-state index in [9.17, 15) is 0 Å². The molecule has 0 saturated carbocycles. The van der Waals surface area contributed by atoms with Gasteiger partial charge in [0.25, 0.3) is 0 Å². The Balaban J connectivity index is 2.29. The summed E-state index contributed by atoms with van der Waals surface area (Å²) >= 11 is 1.81. The summed E-state index contributed by atoms with van der Waals surface area (Å²) in [5.74, 6) is 1.12. The quantitative estimate of drug-likeness (QED) is 0.640. The number of nitrogens with two attached hydrogens (primary N) is 1. The third-order valence-corrected chi connectivity index (χ3v) is 3.62. The van der Waals surface area contributed by atoms with E-state index in [-0.39, 0.29) is 0 Å². The average molecular weight is 235 g/mol. The van der Waals surface area contributed by atoms with Gasteiger partial charge < -0.3 is 10.1 Å². The van der Waals surface area contributed by atoms with Crippen LogP contribution in [0, 0.1) is 0 Å². The average Bonchev–Trinajstić information content (AvgIpc) is 2.67. The number of aromatic nitrogens is 2. The third-order valence-electron chi connectivity index (χ3n) is 2.52. The maximum Gasteiger partial charge on any atom is 0.138 e. The van der Waals surface area contributed by atoms with Crippen LogP contribution in [0.4, 0.5) is 0 Å². The first-order chi connectivity index (χ1) is 7.86. The van der Waals surface area contributed by atoms with E-state index < -0.39 is 0 Å². The predicted molar refractivity (Wildman–Crippen MR) is 68.7 cm³/mol. The number of hydrogen-bond donors (Lipinski definition) is 1. The van der Waals surface area contributed by atoms with Gasteiger partial charge in [-0.05, 0) is 24.3 Å². The molecule has 0 bridgehead atoms. The zero-order chi connectivity index (χ0) is 11.4. The summed E-state index contributed by atoms with van der Waals surface area (Å²) in [6, 6.07) is 6.03. The van der Waals surface area contributed by atoms with Crippen molar-refractivity contribution in [3.8, 4) is 0 Å². The second-order valence-corrected chi connectivity index (χ2v) is 4.78. The Hall–Kier alpha value is -1.00. The minimum absolute atomic E-state index is 0.541. The van der Waals surface area contributed by atoms with Crippen molar-refractivity contribution in [2.45, 2.75) is 31.3 Å². The lowest BCUT2D eigenvalue weighted by atomic mass is 10.4. The standard InChI is InChI=1S/C12H17N3S/c1-2-3-8-16-12-10(9-13)15-7-5-4-6-11(15)14-12/h4-7H,2-3,8-9,13H2,1H3. The SMILES string of the molecule is CCCCSc1nc2ccccn2c1CN. The molecule has 0 aliphatic rings. The van der Waals surface area contributed by atoms with Gasteiger partial charge in [0, 0.05) is 12.7 Å². The van der Waals surface area contributed by atoms with Crippen LogP contribution < -0.4 is 5.73 Å². The zero-order valence-electron chi connectivity index (χ0n) is 9.52. The van der Waals surface area contributed by atoms with Crippen molar-refractivity contribution in [2.75, 3.05) is 5.75 Å². The topological polar surface area (TPSA) is 43.3 Å². The fourth-order valence-electron chi connectivity index (χ4n) is 1.64. The van der Waals surface area contributed by atoms with Gasteiger partial charge in [-0.3, -0.25) is 0 Å². The van der Waals surface area contributed by atoms with Crippen LogP contribution in [0.5, 0.6) is 0 Å². The van der Waals surface area contributed by atoms with Gasteiger partial charge in [-0.1, -0.05) is 19.4 Å². The molecule has 0 aliphatic carbocycles. The lowest BCUT2D eigenvalue weighted by molar-refractivity contribution is 0.889. The van der Waals surface area contributed by atoms with E-state index in [0.717, 1.165) is 22.1 Å². The van der Waals surface area contributed by atoms with Crippen molar-refractivity contribution in [3.63, 3.8) is 0 Å². The number of fused-ring (bicyclic) bond motifs is 1. The molecule has 0 spiro atoms. The minimum Gasteiger partial charge on any atom is -0.325 e. The van der Waals surface area contributed by atoms with Crippen LogP contribution in [0.25, 0.3) is 5.65 Å². The minimum atomic E-state index is 0.541. The molecule has 2 aromatic rings. The first-order valence-corrected chi connectivity index (χ1v) is 6.64. The normalized spacial score (nSPS) is 11.1. The Morgan fingerprint density at radius 3 is 3.06 bits per heavy atom. The lowest BCUT2D eigenvalue weighted by Gasteiger charge is -2.00. The number of unbranched alkanes of at least 4 members (excludes halogenated alkanes) is 1. The summed E-state index contributed by atoms with van der Waals surface area (Å²) in [5.41, 5.74) is 7.90. The highest BCUT2D eigenvalue weighted by Crippen LogP contribution is 2.24. The first-order valence-electron chi connectivity index (χ1n) is 5.65. The Bertz CT molecular complexity index is 464. The van der Waals surface area contributed by atoms with Crippen LogP contribution in [-0.2, 0) is 6.54 Å². The van der Waals surface area contributed by atoms with E-state index >= 15 is 0 Å². The van der Waals surface area contributed by atoms with E-state index in [4.69, 9.17) is 5.73 Å². The molecular weight excluding hydrogens is 218 g/mol. The molecule has 3 nitrogen and oxygen atoms in total. The molecule has 0 aromatic carbocycles. The van der Waals surface area contributed by atoms with Gasteiger partial charge >= 0.3 is 0 Å². The summed E-state index contributed by atoms with van der Waals surface area (Å²) in [6.45, 7) is 2.74. The molecular formula is C12H17N3S. The molecule has 0 radical (unpaired) electrons. The first kappa shape index (κ1) is 11.5. The van der Waals surface area contributed by atoms with Crippen LogP contribution in [0.15, 0.2) is 29.4 Å². The lowest BCUT2D eigenvalue weighted by Crippen LogP contribution is -2.02. The monoisotopic (exact) mass is 235 g/mol. The van der Waals surface area contributed by atoms with Crippen molar-refractivity contribution in [3.05, 3.63) is 30.1 Å². The number of rotatable bonds is 5. The summed E-state index contributed by atoms with van der Waals surface area (Å²) < 4.78 is 2.08. The zero-order valence-corrected chi connectivity index (χ0v) is 10.3. The predicted octanol–water partition coefficient (Wildman–Crippen LogP) is 2.69. The van der Waals surface area contributed by atoms with E-state index in [1.54, 1.807) is 0 Å². The number of thioether (sulfide) groups is 1. The molecule has 0 fully saturated rings. The maximum absolute atomic E-state index is 5.79. The van der Waals surface area contributed by atoms with Crippen molar-refractivity contribution < 1.29 is 0 Å². The Labute approximate surface area is 100 Å². The van der Waals surface area contributed by atoms with E-state index in [1.807, 2.05) is 36.2 Å². The molecule has 2 aromatic heterocycles. The van der Waals surface area contributed by atoms with Crippen LogP contribution in [0.2, 0.25) is 0 Å². The van der Waals surface area contributed by atoms with Gasteiger partial charge in [-0.2, -0.15) is 0 Å². The highest BCUT2D eigenvalue weighted by Gasteiger charge is 2.09. The molecule has 0 amide bonds. The second kappa shape index (κ2) is 5.37. The molecule has 0 unspecified atom stereocenters. The summed E-state index contributed by atoms with van der Waals surface area (Å²) in [4.78, 5) is 4.60. The van der Waals surface area contributed by atoms with E-state index in [0.29, 0.717) is 6.54 Å². The molecule has 2 heterocycles. The molecule has 2 N–H and O–H groups in total. The van der Waals surface area contributed by atoms with Crippen LogP contribution in [-0.4, -0.2) is 15.1 Å². The molecule has 4 heteroatoms. The Morgan fingerprint density at radius 2 is 2.31 bits per heavy atom. The van der Waals surface area contributed by atoms with Crippen molar-refractivity contribution in [2.24, 2.45) is 5.73 Å². The number of hydrogen-bond acceptors (Lipinski definition) is 3. The van der Waals surface area contributed by atoms with Gasteiger partial charge in [-0.15, -0.1) is 11.8 Å². The summed E-state index contributed by atoms with van der Waals surface area (Å²) in [5, 5.41) is 1.09. The van der Waals surface area contributed by atoms with Gasteiger partial charge in [0.05, 0.1) is 5.69 Å². The highest BCUT2D eigenvalue weighted by atomic mass is 32.2. The number of imidazole rings is 1. The number of nitrogens with zero attached hydrogens (tertiary/aromatic N) is 2. The maximum atomic E-state index is 5.79. The summed E-state index contributed by atoms with van der Waals surface area (Å²) in [7, 11) is 0. The molecule has 0 saturated heterocycles. The smallest absolute Gasteiger partial charge is 0.138 e.